The summed E-state index contributed by atoms with van der Waals surface area (Å²) >= 11 is 1.69. The number of benzene rings is 1. The fourth-order valence-electron chi connectivity index (χ4n) is 3.16. The molecule has 0 atom stereocenters. The van der Waals surface area contributed by atoms with Crippen LogP contribution < -0.4 is 10.6 Å². The van der Waals surface area contributed by atoms with Gasteiger partial charge in [0.2, 0.25) is 0 Å². The van der Waals surface area contributed by atoms with Crippen LogP contribution in [0.5, 0.6) is 5.75 Å². The molecule has 3 rings (SSSR count). The van der Waals surface area contributed by atoms with Gasteiger partial charge in [0.05, 0.1) is 6.54 Å². The minimum Gasteiger partial charge on any atom is -0.508 e. The Bertz CT molecular complexity index is 701. The van der Waals surface area contributed by atoms with E-state index in [2.05, 4.69) is 45.4 Å². The fourth-order valence-corrected chi connectivity index (χ4v) is 3.82. The van der Waals surface area contributed by atoms with E-state index in [9.17, 15) is 5.11 Å². The van der Waals surface area contributed by atoms with Gasteiger partial charge in [-0.25, -0.2) is 4.99 Å². The third-order valence-electron chi connectivity index (χ3n) is 4.40. The van der Waals surface area contributed by atoms with Gasteiger partial charge in [-0.05, 0) is 72.2 Å². The first-order valence-electron chi connectivity index (χ1n) is 8.63. The molecule has 6 heteroatoms. The lowest BCUT2D eigenvalue weighted by atomic mass is 9.88. The summed E-state index contributed by atoms with van der Waals surface area (Å²) in [5.74, 6) is 1.17. The number of rotatable bonds is 5. The number of thiophene rings is 1. The van der Waals surface area contributed by atoms with Gasteiger partial charge in [0.1, 0.15) is 5.75 Å². The Morgan fingerprint density at radius 3 is 2.80 bits per heavy atom. The van der Waals surface area contributed by atoms with Crippen molar-refractivity contribution in [3.63, 3.8) is 0 Å². The lowest BCUT2D eigenvalue weighted by Gasteiger charge is -2.21. The molecule has 0 saturated heterocycles. The van der Waals surface area contributed by atoms with E-state index in [1.165, 1.54) is 29.5 Å². The molecule has 0 aliphatic heterocycles. The van der Waals surface area contributed by atoms with E-state index in [1.807, 2.05) is 6.07 Å². The third kappa shape index (κ3) is 5.34. The zero-order valence-electron chi connectivity index (χ0n) is 14.5. The van der Waals surface area contributed by atoms with E-state index in [0.717, 1.165) is 30.9 Å². The van der Waals surface area contributed by atoms with Crippen LogP contribution >= 0.6 is 35.3 Å². The van der Waals surface area contributed by atoms with E-state index >= 15 is 0 Å². The smallest absolute Gasteiger partial charge is 0.191 e. The Morgan fingerprint density at radius 2 is 2.04 bits per heavy atom. The van der Waals surface area contributed by atoms with Gasteiger partial charge in [0, 0.05) is 18.7 Å². The van der Waals surface area contributed by atoms with Crippen molar-refractivity contribution >= 4 is 41.3 Å². The summed E-state index contributed by atoms with van der Waals surface area (Å²) in [5.41, 5.74) is 4.95. The highest BCUT2D eigenvalue weighted by Gasteiger charge is 2.16. The molecule has 0 amide bonds. The molecule has 1 aromatic heterocycles. The number of nitrogens with one attached hydrogen (secondary N) is 2. The molecule has 25 heavy (non-hydrogen) atoms. The second-order valence-electron chi connectivity index (χ2n) is 6.09. The monoisotopic (exact) mass is 471 g/mol. The number of guanidine groups is 1. The number of halogens is 1. The highest BCUT2D eigenvalue weighted by molar-refractivity contribution is 14.0. The average Bonchev–Trinajstić information content (AvgIpc) is 3.12. The summed E-state index contributed by atoms with van der Waals surface area (Å²) in [6.45, 7) is 4.14. The van der Waals surface area contributed by atoms with Gasteiger partial charge in [-0.2, -0.15) is 11.3 Å². The third-order valence-corrected chi connectivity index (χ3v) is 5.14. The number of phenols is 1. The Balaban J connectivity index is 0.00000225. The summed E-state index contributed by atoms with van der Waals surface area (Å²) in [7, 11) is 0. The summed E-state index contributed by atoms with van der Waals surface area (Å²) in [5, 5.41) is 21.1. The lowest BCUT2D eigenvalue weighted by molar-refractivity contribution is 0.464. The van der Waals surface area contributed by atoms with E-state index in [4.69, 9.17) is 0 Å². The number of aliphatic imine (C=N–C) groups is 1. The second kappa shape index (κ2) is 10.0. The van der Waals surface area contributed by atoms with Crippen LogP contribution in [0.1, 0.15) is 42.0 Å². The normalized spacial score (nSPS) is 13.7. The molecule has 1 heterocycles. The molecule has 1 aromatic carbocycles. The van der Waals surface area contributed by atoms with Crippen LogP contribution in [0.3, 0.4) is 0 Å². The molecule has 0 spiro atoms. The minimum atomic E-state index is 0. The topological polar surface area (TPSA) is 56.7 Å². The standard InChI is InChI=1S/C19H25N3OS.HI/c1-2-20-19(21-11-14-9-10-24-13-14)22-12-17-16-6-4-3-5-15(16)7-8-18(17)23;/h7-10,13,23H,2-6,11-12H2,1H3,(H2,20,21,22);1H. The zero-order valence-corrected chi connectivity index (χ0v) is 17.7. The first-order valence-corrected chi connectivity index (χ1v) is 9.58. The first kappa shape index (κ1) is 20.0. The summed E-state index contributed by atoms with van der Waals surface area (Å²) in [6, 6.07) is 6.00. The predicted molar refractivity (Wildman–Crippen MR) is 116 cm³/mol. The van der Waals surface area contributed by atoms with Gasteiger partial charge in [-0.3, -0.25) is 0 Å². The van der Waals surface area contributed by atoms with E-state index in [1.54, 1.807) is 11.3 Å². The molecule has 1 aliphatic carbocycles. The summed E-state index contributed by atoms with van der Waals surface area (Å²) in [6.07, 6.45) is 4.63. The maximum absolute atomic E-state index is 10.3. The zero-order chi connectivity index (χ0) is 16.8. The molecular formula is C19H26IN3OS. The lowest BCUT2D eigenvalue weighted by Crippen LogP contribution is -2.37. The maximum atomic E-state index is 10.3. The Kier molecular flexibility index (Phi) is 8.02. The van der Waals surface area contributed by atoms with Crippen LogP contribution in [-0.4, -0.2) is 17.6 Å². The van der Waals surface area contributed by atoms with E-state index in [0.29, 0.717) is 18.8 Å². The molecule has 0 fully saturated rings. The fraction of sp³-hybridized carbons (Fsp3) is 0.421. The van der Waals surface area contributed by atoms with E-state index < -0.39 is 0 Å². The quantitative estimate of drug-likeness (QED) is 0.348. The van der Waals surface area contributed by atoms with Crippen LogP contribution in [0, 0.1) is 0 Å². The van der Waals surface area contributed by atoms with Crippen molar-refractivity contribution in [3.05, 3.63) is 51.2 Å². The number of aromatic hydroxyl groups is 1. The van der Waals surface area contributed by atoms with Gasteiger partial charge in [-0.1, -0.05) is 6.07 Å². The van der Waals surface area contributed by atoms with Crippen LogP contribution in [0.25, 0.3) is 0 Å². The highest BCUT2D eigenvalue weighted by Crippen LogP contribution is 2.30. The maximum Gasteiger partial charge on any atom is 0.191 e. The molecule has 2 aromatic rings. The van der Waals surface area contributed by atoms with Gasteiger partial charge in [-0.15, -0.1) is 24.0 Å². The summed E-state index contributed by atoms with van der Waals surface area (Å²) in [4.78, 5) is 4.63. The number of hydrogen-bond donors (Lipinski definition) is 3. The van der Waals surface area contributed by atoms with Gasteiger partial charge >= 0.3 is 0 Å². The average molecular weight is 471 g/mol. The van der Waals surface area contributed by atoms with Gasteiger partial charge in [0.15, 0.2) is 5.96 Å². The van der Waals surface area contributed by atoms with Crippen molar-refractivity contribution < 1.29 is 5.11 Å². The SMILES string of the molecule is CCNC(=NCc1ccsc1)NCc1c(O)ccc2c1CCCC2.I. The highest BCUT2D eigenvalue weighted by atomic mass is 127. The number of nitrogens with zero attached hydrogens (tertiary/aromatic N) is 1. The number of hydrogen-bond acceptors (Lipinski definition) is 3. The Hall–Kier alpha value is -1.28. The van der Waals surface area contributed by atoms with Crippen molar-refractivity contribution in [2.75, 3.05) is 6.54 Å². The van der Waals surface area contributed by atoms with Crippen LogP contribution in [-0.2, 0) is 25.9 Å². The van der Waals surface area contributed by atoms with Crippen LogP contribution in [0.2, 0.25) is 0 Å². The Labute approximate surface area is 170 Å². The van der Waals surface area contributed by atoms with Crippen LogP contribution in [0.4, 0.5) is 0 Å². The molecule has 0 bridgehead atoms. The molecule has 4 nitrogen and oxygen atoms in total. The number of aryl methyl sites for hydroxylation is 1. The molecule has 0 saturated carbocycles. The minimum absolute atomic E-state index is 0. The number of fused-ring (bicyclic) bond motifs is 1. The predicted octanol–water partition coefficient (Wildman–Crippen LogP) is 4.21. The van der Waals surface area contributed by atoms with Gasteiger partial charge in [0.25, 0.3) is 0 Å². The molecule has 0 radical (unpaired) electrons. The van der Waals surface area contributed by atoms with Crippen molar-refractivity contribution in [2.24, 2.45) is 4.99 Å². The van der Waals surface area contributed by atoms with Crippen molar-refractivity contribution in [1.29, 1.82) is 0 Å². The van der Waals surface area contributed by atoms with Gasteiger partial charge < -0.3 is 15.7 Å². The van der Waals surface area contributed by atoms with Crippen molar-refractivity contribution in [2.45, 2.75) is 45.7 Å². The Morgan fingerprint density at radius 1 is 1.20 bits per heavy atom. The molecule has 136 valence electrons. The largest absolute Gasteiger partial charge is 0.508 e. The summed E-state index contributed by atoms with van der Waals surface area (Å²) < 4.78 is 0. The second-order valence-corrected chi connectivity index (χ2v) is 6.87. The first-order chi connectivity index (χ1) is 11.8. The van der Waals surface area contributed by atoms with Crippen molar-refractivity contribution in [1.82, 2.24) is 10.6 Å². The molecule has 3 N–H and O–H groups in total. The molecule has 1 aliphatic rings. The molecular weight excluding hydrogens is 445 g/mol. The number of phenolic OH excluding ortho intramolecular Hbond substituents is 1. The van der Waals surface area contributed by atoms with Crippen LogP contribution in [0.15, 0.2) is 34.0 Å². The molecule has 0 unspecified atom stereocenters. The van der Waals surface area contributed by atoms with E-state index in [-0.39, 0.29) is 24.0 Å². The van der Waals surface area contributed by atoms with Crippen molar-refractivity contribution in [3.8, 4) is 5.75 Å².